The maximum atomic E-state index is 3.32. The van der Waals surface area contributed by atoms with Gasteiger partial charge in [0.2, 0.25) is 0 Å². The lowest BCUT2D eigenvalue weighted by atomic mass is 10.1. The van der Waals surface area contributed by atoms with E-state index < -0.39 is 0 Å². The van der Waals surface area contributed by atoms with E-state index in [1.165, 1.54) is 12.8 Å². The van der Waals surface area contributed by atoms with Crippen molar-refractivity contribution in [2.75, 3.05) is 40.8 Å². The Morgan fingerprint density at radius 2 is 1.81 bits per heavy atom. The van der Waals surface area contributed by atoms with Crippen LogP contribution in [0.15, 0.2) is 0 Å². The SMILES string of the molecule is CCCC(CNC)N(CC)C(C)CN(C)C. The summed E-state index contributed by atoms with van der Waals surface area (Å²) in [5, 5.41) is 3.32. The van der Waals surface area contributed by atoms with E-state index in [4.69, 9.17) is 0 Å². The minimum Gasteiger partial charge on any atom is -0.318 e. The van der Waals surface area contributed by atoms with Gasteiger partial charge in [0.05, 0.1) is 0 Å². The molecule has 0 saturated heterocycles. The topological polar surface area (TPSA) is 18.5 Å². The third kappa shape index (κ3) is 5.83. The van der Waals surface area contributed by atoms with Crippen molar-refractivity contribution in [2.45, 2.75) is 45.7 Å². The van der Waals surface area contributed by atoms with Crippen molar-refractivity contribution < 1.29 is 0 Å². The molecular weight excluding hydrogens is 198 g/mol. The lowest BCUT2D eigenvalue weighted by Gasteiger charge is -2.37. The van der Waals surface area contributed by atoms with E-state index in [1.54, 1.807) is 0 Å². The Morgan fingerprint density at radius 3 is 2.19 bits per heavy atom. The molecule has 0 aromatic rings. The van der Waals surface area contributed by atoms with Crippen LogP contribution in [0.1, 0.15) is 33.6 Å². The quantitative estimate of drug-likeness (QED) is 0.648. The highest BCUT2D eigenvalue weighted by Crippen LogP contribution is 2.11. The van der Waals surface area contributed by atoms with Crippen LogP contribution in [0.5, 0.6) is 0 Å². The summed E-state index contributed by atoms with van der Waals surface area (Å²) in [7, 11) is 6.35. The third-order valence-electron chi connectivity index (χ3n) is 3.09. The lowest BCUT2D eigenvalue weighted by molar-refractivity contribution is 0.120. The van der Waals surface area contributed by atoms with Crippen LogP contribution >= 0.6 is 0 Å². The second-order valence-corrected chi connectivity index (χ2v) is 4.94. The molecule has 0 radical (unpaired) electrons. The van der Waals surface area contributed by atoms with Gasteiger partial charge in [-0.2, -0.15) is 0 Å². The minimum atomic E-state index is 0.630. The van der Waals surface area contributed by atoms with E-state index in [2.05, 4.69) is 50.0 Å². The molecule has 0 aliphatic rings. The molecule has 0 amide bonds. The first-order valence-corrected chi connectivity index (χ1v) is 6.61. The number of rotatable bonds is 9. The van der Waals surface area contributed by atoms with Gasteiger partial charge in [0, 0.05) is 25.2 Å². The zero-order valence-electron chi connectivity index (χ0n) is 12.1. The summed E-state index contributed by atoms with van der Waals surface area (Å²) < 4.78 is 0. The van der Waals surface area contributed by atoms with Crippen molar-refractivity contribution in [2.24, 2.45) is 0 Å². The highest BCUT2D eigenvalue weighted by atomic mass is 15.2. The maximum Gasteiger partial charge on any atom is 0.0223 e. The zero-order chi connectivity index (χ0) is 12.6. The average molecular weight is 229 g/mol. The van der Waals surface area contributed by atoms with Gasteiger partial charge in [-0.1, -0.05) is 20.3 Å². The van der Waals surface area contributed by atoms with E-state index in [0.29, 0.717) is 12.1 Å². The highest BCUT2D eigenvalue weighted by Gasteiger charge is 2.21. The number of nitrogens with zero attached hydrogens (tertiary/aromatic N) is 2. The van der Waals surface area contributed by atoms with Gasteiger partial charge in [-0.3, -0.25) is 4.90 Å². The number of likely N-dealkylation sites (N-methyl/N-ethyl adjacent to an activating group) is 3. The highest BCUT2D eigenvalue weighted by molar-refractivity contribution is 4.78. The van der Waals surface area contributed by atoms with Gasteiger partial charge in [-0.25, -0.2) is 0 Å². The van der Waals surface area contributed by atoms with E-state index in [0.717, 1.165) is 19.6 Å². The van der Waals surface area contributed by atoms with Gasteiger partial charge in [-0.05, 0) is 41.0 Å². The van der Waals surface area contributed by atoms with Gasteiger partial charge in [0.1, 0.15) is 0 Å². The molecule has 2 atom stereocenters. The molecule has 0 fully saturated rings. The van der Waals surface area contributed by atoms with Crippen LogP contribution in [0, 0.1) is 0 Å². The van der Waals surface area contributed by atoms with Crippen LogP contribution in [0.4, 0.5) is 0 Å². The van der Waals surface area contributed by atoms with Crippen LogP contribution in [-0.4, -0.2) is 62.7 Å². The second kappa shape index (κ2) is 8.97. The van der Waals surface area contributed by atoms with E-state index in [-0.39, 0.29) is 0 Å². The average Bonchev–Trinajstić information content (AvgIpc) is 2.18. The fraction of sp³-hybridized carbons (Fsp3) is 1.00. The third-order valence-corrected chi connectivity index (χ3v) is 3.09. The fourth-order valence-corrected chi connectivity index (χ4v) is 2.52. The number of hydrogen-bond acceptors (Lipinski definition) is 3. The van der Waals surface area contributed by atoms with Gasteiger partial charge in [-0.15, -0.1) is 0 Å². The summed E-state index contributed by atoms with van der Waals surface area (Å²) in [5.74, 6) is 0. The molecule has 1 N–H and O–H groups in total. The van der Waals surface area contributed by atoms with Crippen molar-refractivity contribution in [3.05, 3.63) is 0 Å². The number of nitrogens with one attached hydrogen (secondary N) is 1. The van der Waals surface area contributed by atoms with Crippen molar-refractivity contribution in [3.63, 3.8) is 0 Å². The Labute approximate surface area is 102 Å². The summed E-state index contributed by atoms with van der Waals surface area (Å²) in [6.45, 7) is 10.2. The van der Waals surface area contributed by atoms with Crippen LogP contribution < -0.4 is 5.32 Å². The summed E-state index contributed by atoms with van der Waals surface area (Å²) in [5.41, 5.74) is 0. The van der Waals surface area contributed by atoms with Gasteiger partial charge >= 0.3 is 0 Å². The Kier molecular flexibility index (Phi) is 8.90. The first-order valence-electron chi connectivity index (χ1n) is 6.61. The molecule has 3 nitrogen and oxygen atoms in total. The number of hydrogen-bond donors (Lipinski definition) is 1. The molecule has 3 heteroatoms. The Hall–Kier alpha value is -0.120. The smallest absolute Gasteiger partial charge is 0.0223 e. The van der Waals surface area contributed by atoms with E-state index in [1.807, 2.05) is 7.05 Å². The molecular formula is C13H31N3. The first kappa shape index (κ1) is 15.9. The zero-order valence-corrected chi connectivity index (χ0v) is 12.1. The Balaban J connectivity index is 4.38. The van der Waals surface area contributed by atoms with Gasteiger partial charge < -0.3 is 10.2 Å². The van der Waals surface area contributed by atoms with Crippen molar-refractivity contribution in [3.8, 4) is 0 Å². The largest absolute Gasteiger partial charge is 0.318 e. The molecule has 0 aromatic heterocycles. The van der Waals surface area contributed by atoms with Crippen LogP contribution in [0.2, 0.25) is 0 Å². The molecule has 0 aromatic carbocycles. The summed E-state index contributed by atoms with van der Waals surface area (Å²) in [6, 6.07) is 1.31. The Bertz CT molecular complexity index is 153. The Morgan fingerprint density at radius 1 is 1.19 bits per heavy atom. The molecule has 16 heavy (non-hydrogen) atoms. The predicted molar refractivity (Wildman–Crippen MR) is 73.0 cm³/mol. The minimum absolute atomic E-state index is 0.630. The molecule has 0 aliphatic carbocycles. The molecule has 0 rings (SSSR count). The molecule has 2 unspecified atom stereocenters. The van der Waals surface area contributed by atoms with Gasteiger partial charge in [0.25, 0.3) is 0 Å². The predicted octanol–water partition coefficient (Wildman–Crippen LogP) is 1.65. The molecule has 0 bridgehead atoms. The first-order chi connectivity index (χ1) is 7.56. The standard InChI is InChI=1S/C13H31N3/c1-7-9-13(10-14-4)16(8-2)12(3)11-15(5)6/h12-14H,7-11H2,1-6H3. The molecule has 0 heterocycles. The van der Waals surface area contributed by atoms with Crippen molar-refractivity contribution in [1.29, 1.82) is 0 Å². The van der Waals surface area contributed by atoms with E-state index in [9.17, 15) is 0 Å². The van der Waals surface area contributed by atoms with Gasteiger partial charge in [0.15, 0.2) is 0 Å². The second-order valence-electron chi connectivity index (χ2n) is 4.94. The monoisotopic (exact) mass is 229 g/mol. The molecule has 0 aliphatic heterocycles. The lowest BCUT2D eigenvalue weighted by Crippen LogP contribution is -2.49. The normalized spacial score (nSPS) is 15.8. The van der Waals surface area contributed by atoms with Crippen LogP contribution in [0.3, 0.4) is 0 Å². The maximum absolute atomic E-state index is 3.32. The van der Waals surface area contributed by atoms with Crippen LogP contribution in [0.25, 0.3) is 0 Å². The van der Waals surface area contributed by atoms with Crippen molar-refractivity contribution >= 4 is 0 Å². The summed E-state index contributed by atoms with van der Waals surface area (Å²) in [4.78, 5) is 4.90. The van der Waals surface area contributed by atoms with E-state index >= 15 is 0 Å². The summed E-state index contributed by atoms with van der Waals surface area (Å²) in [6.07, 6.45) is 2.55. The van der Waals surface area contributed by atoms with Crippen molar-refractivity contribution in [1.82, 2.24) is 15.1 Å². The fourth-order valence-electron chi connectivity index (χ4n) is 2.52. The molecule has 0 spiro atoms. The molecule has 98 valence electrons. The molecule has 0 saturated carbocycles. The van der Waals surface area contributed by atoms with Crippen LogP contribution in [-0.2, 0) is 0 Å². The summed E-state index contributed by atoms with van der Waals surface area (Å²) >= 11 is 0.